The molecule has 0 saturated carbocycles. The molecule has 0 radical (unpaired) electrons. The molecular weight excluding hydrogens is 328 g/mol. The average Bonchev–Trinajstić information content (AvgIpc) is 2.62. The number of terminal acetylenes is 1. The maximum absolute atomic E-state index is 12.2. The second-order valence-electron chi connectivity index (χ2n) is 6.06. The first-order chi connectivity index (χ1) is 12.4. The Hall–Kier alpha value is -3.26. The van der Waals surface area contributed by atoms with E-state index in [9.17, 15) is 9.59 Å². The zero-order valence-corrected chi connectivity index (χ0v) is 15.2. The Morgan fingerprint density at radius 3 is 2.62 bits per heavy atom. The minimum absolute atomic E-state index is 0.0740. The van der Waals surface area contributed by atoms with Gasteiger partial charge < -0.3 is 15.0 Å². The molecule has 0 spiro atoms. The number of carbonyl (C=O) groups excluding carboxylic acids is 2. The maximum Gasteiger partial charge on any atom is 0.260 e. The summed E-state index contributed by atoms with van der Waals surface area (Å²) in [6.45, 7) is 3.79. The summed E-state index contributed by atoms with van der Waals surface area (Å²) in [6, 6.07) is 12.6. The molecule has 0 aliphatic rings. The number of anilines is 1. The Balaban J connectivity index is 1.84. The van der Waals surface area contributed by atoms with Gasteiger partial charge in [-0.2, -0.15) is 0 Å². The lowest BCUT2D eigenvalue weighted by Crippen LogP contribution is -2.37. The van der Waals surface area contributed by atoms with Crippen LogP contribution in [0.1, 0.15) is 16.7 Å². The lowest BCUT2D eigenvalue weighted by Gasteiger charge is -2.17. The highest BCUT2D eigenvalue weighted by molar-refractivity contribution is 5.94. The zero-order valence-electron chi connectivity index (χ0n) is 15.2. The van der Waals surface area contributed by atoms with Crippen molar-refractivity contribution in [3.8, 4) is 18.1 Å². The molecule has 0 saturated heterocycles. The van der Waals surface area contributed by atoms with Gasteiger partial charge in [-0.25, -0.2) is 0 Å². The van der Waals surface area contributed by atoms with Crippen molar-refractivity contribution in [3.05, 3.63) is 59.2 Å². The standard InChI is InChI=1S/C21H22N2O3/c1-5-17-7-6-8-18(12-17)22-20(24)13-23(4)21(25)14-26-19-10-9-15(2)16(3)11-19/h1,6-12H,13-14H2,2-4H3,(H,22,24). The fourth-order valence-corrected chi connectivity index (χ4v) is 2.25. The SMILES string of the molecule is C#Cc1cccc(NC(=O)CN(C)C(=O)COc2ccc(C)c(C)c2)c1. The van der Waals surface area contributed by atoms with Crippen LogP contribution >= 0.6 is 0 Å². The summed E-state index contributed by atoms with van der Waals surface area (Å²) in [5.41, 5.74) is 3.52. The number of ether oxygens (including phenoxy) is 1. The van der Waals surface area contributed by atoms with Gasteiger partial charge in [-0.1, -0.05) is 18.1 Å². The molecule has 134 valence electrons. The van der Waals surface area contributed by atoms with E-state index in [1.165, 1.54) is 4.90 Å². The van der Waals surface area contributed by atoms with E-state index < -0.39 is 0 Å². The first kappa shape index (κ1) is 19.1. The van der Waals surface area contributed by atoms with Crippen LogP contribution in [0.4, 0.5) is 5.69 Å². The second-order valence-corrected chi connectivity index (χ2v) is 6.06. The minimum Gasteiger partial charge on any atom is -0.484 e. The lowest BCUT2D eigenvalue weighted by molar-refractivity contribution is -0.135. The first-order valence-corrected chi connectivity index (χ1v) is 8.19. The van der Waals surface area contributed by atoms with Crippen molar-refractivity contribution in [2.75, 3.05) is 25.5 Å². The van der Waals surface area contributed by atoms with E-state index in [0.29, 0.717) is 17.0 Å². The van der Waals surface area contributed by atoms with Gasteiger partial charge in [-0.3, -0.25) is 9.59 Å². The van der Waals surface area contributed by atoms with Crippen LogP contribution in [-0.2, 0) is 9.59 Å². The van der Waals surface area contributed by atoms with E-state index in [2.05, 4.69) is 11.2 Å². The molecule has 2 rings (SSSR count). The first-order valence-electron chi connectivity index (χ1n) is 8.19. The van der Waals surface area contributed by atoms with Crippen molar-refractivity contribution >= 4 is 17.5 Å². The van der Waals surface area contributed by atoms with Crippen molar-refractivity contribution in [2.45, 2.75) is 13.8 Å². The largest absolute Gasteiger partial charge is 0.484 e. The summed E-state index contributed by atoms with van der Waals surface area (Å²) in [6.07, 6.45) is 5.34. The topological polar surface area (TPSA) is 58.6 Å². The summed E-state index contributed by atoms with van der Waals surface area (Å²) in [5.74, 6) is 2.55. The molecule has 0 heterocycles. The molecule has 0 aromatic heterocycles. The number of nitrogens with one attached hydrogen (secondary N) is 1. The van der Waals surface area contributed by atoms with Gasteiger partial charge in [0.25, 0.3) is 5.91 Å². The van der Waals surface area contributed by atoms with Crippen LogP contribution in [0.5, 0.6) is 5.75 Å². The van der Waals surface area contributed by atoms with E-state index in [1.54, 1.807) is 31.3 Å². The molecule has 1 N–H and O–H groups in total. The molecule has 2 aromatic rings. The normalized spacial score (nSPS) is 9.92. The monoisotopic (exact) mass is 350 g/mol. The Bertz CT molecular complexity index is 853. The summed E-state index contributed by atoms with van der Waals surface area (Å²) < 4.78 is 5.51. The summed E-state index contributed by atoms with van der Waals surface area (Å²) in [7, 11) is 1.56. The zero-order chi connectivity index (χ0) is 19.1. The second kappa shape index (κ2) is 8.72. The molecule has 0 bridgehead atoms. The third-order valence-corrected chi connectivity index (χ3v) is 3.96. The van der Waals surface area contributed by atoms with Crippen molar-refractivity contribution in [1.82, 2.24) is 4.90 Å². The molecular formula is C21H22N2O3. The number of likely N-dealkylation sites (N-methyl/N-ethyl adjacent to an activating group) is 1. The van der Waals surface area contributed by atoms with Crippen molar-refractivity contribution in [1.29, 1.82) is 0 Å². The Labute approximate surface area is 154 Å². The predicted molar refractivity (Wildman–Crippen MR) is 102 cm³/mol. The fourth-order valence-electron chi connectivity index (χ4n) is 2.25. The van der Waals surface area contributed by atoms with Crippen LogP contribution in [0.15, 0.2) is 42.5 Å². The molecule has 2 aromatic carbocycles. The van der Waals surface area contributed by atoms with Crippen molar-refractivity contribution in [3.63, 3.8) is 0 Å². The number of rotatable bonds is 6. The molecule has 5 heteroatoms. The average molecular weight is 350 g/mol. The van der Waals surface area contributed by atoms with Gasteiger partial charge in [0.1, 0.15) is 5.75 Å². The number of benzene rings is 2. The van der Waals surface area contributed by atoms with E-state index in [4.69, 9.17) is 11.2 Å². The summed E-state index contributed by atoms with van der Waals surface area (Å²) in [5, 5.41) is 2.72. The van der Waals surface area contributed by atoms with E-state index in [1.807, 2.05) is 32.0 Å². The van der Waals surface area contributed by atoms with Gasteiger partial charge in [-0.05, 0) is 55.3 Å². The van der Waals surface area contributed by atoms with Gasteiger partial charge in [0.2, 0.25) is 5.91 Å². The third kappa shape index (κ3) is 5.38. The lowest BCUT2D eigenvalue weighted by atomic mass is 10.1. The van der Waals surface area contributed by atoms with Crippen LogP contribution in [0.25, 0.3) is 0 Å². The predicted octanol–water partition coefficient (Wildman–Crippen LogP) is 2.76. The van der Waals surface area contributed by atoms with Crippen LogP contribution in [0.2, 0.25) is 0 Å². The smallest absolute Gasteiger partial charge is 0.260 e. The van der Waals surface area contributed by atoms with Crippen LogP contribution < -0.4 is 10.1 Å². The number of aryl methyl sites for hydroxylation is 2. The quantitative estimate of drug-likeness (QED) is 0.815. The molecule has 0 unspecified atom stereocenters. The van der Waals surface area contributed by atoms with Crippen molar-refractivity contribution in [2.24, 2.45) is 0 Å². The van der Waals surface area contributed by atoms with E-state index in [-0.39, 0.29) is 25.0 Å². The Kier molecular flexibility index (Phi) is 6.40. The molecule has 0 aliphatic carbocycles. The molecule has 2 amide bonds. The van der Waals surface area contributed by atoms with E-state index >= 15 is 0 Å². The van der Waals surface area contributed by atoms with E-state index in [0.717, 1.165) is 11.1 Å². The third-order valence-electron chi connectivity index (χ3n) is 3.96. The summed E-state index contributed by atoms with van der Waals surface area (Å²) in [4.78, 5) is 25.6. The highest BCUT2D eigenvalue weighted by Gasteiger charge is 2.14. The van der Waals surface area contributed by atoms with Crippen LogP contribution in [-0.4, -0.2) is 36.9 Å². The number of hydrogen-bond acceptors (Lipinski definition) is 3. The Morgan fingerprint density at radius 1 is 1.15 bits per heavy atom. The Morgan fingerprint density at radius 2 is 1.92 bits per heavy atom. The van der Waals surface area contributed by atoms with Crippen LogP contribution in [0, 0.1) is 26.2 Å². The van der Waals surface area contributed by atoms with Crippen molar-refractivity contribution < 1.29 is 14.3 Å². The maximum atomic E-state index is 12.2. The fraction of sp³-hybridized carbons (Fsp3) is 0.238. The van der Waals surface area contributed by atoms with Crippen LogP contribution in [0.3, 0.4) is 0 Å². The number of amides is 2. The molecule has 0 atom stereocenters. The molecule has 5 nitrogen and oxygen atoms in total. The summed E-state index contributed by atoms with van der Waals surface area (Å²) >= 11 is 0. The van der Waals surface area contributed by atoms with Gasteiger partial charge in [0.05, 0.1) is 6.54 Å². The van der Waals surface area contributed by atoms with Gasteiger partial charge in [-0.15, -0.1) is 6.42 Å². The van der Waals surface area contributed by atoms with Gasteiger partial charge >= 0.3 is 0 Å². The number of hydrogen-bond donors (Lipinski definition) is 1. The highest BCUT2D eigenvalue weighted by Crippen LogP contribution is 2.16. The minimum atomic E-state index is -0.304. The van der Waals surface area contributed by atoms with Gasteiger partial charge in [0.15, 0.2) is 6.61 Å². The molecule has 0 fully saturated rings. The number of carbonyl (C=O) groups is 2. The molecule has 26 heavy (non-hydrogen) atoms. The highest BCUT2D eigenvalue weighted by atomic mass is 16.5. The van der Waals surface area contributed by atoms with Gasteiger partial charge in [0, 0.05) is 18.3 Å². The number of nitrogens with zero attached hydrogens (tertiary/aromatic N) is 1. The molecule has 0 aliphatic heterocycles.